The molecule has 22 heavy (non-hydrogen) atoms. The van der Waals surface area contributed by atoms with E-state index < -0.39 is 29.6 Å². The van der Waals surface area contributed by atoms with Crippen LogP contribution in [0, 0.1) is 23.7 Å². The normalized spacial score (nSPS) is 28.5. The number of primary amides is 1. The lowest BCUT2D eigenvalue weighted by atomic mass is 9.82. The Morgan fingerprint density at radius 1 is 1.09 bits per heavy atom. The maximum atomic E-state index is 12.5. The number of carboxylic acid groups (broad SMARTS) is 1. The molecular weight excluding hydrogens is 284 g/mol. The van der Waals surface area contributed by atoms with Crippen molar-refractivity contribution in [3.63, 3.8) is 0 Å². The van der Waals surface area contributed by atoms with E-state index in [2.05, 4.69) is 5.32 Å². The van der Waals surface area contributed by atoms with E-state index in [4.69, 9.17) is 5.73 Å². The number of hydrogen-bond donors (Lipinski definition) is 2. The Labute approximate surface area is 127 Å². The van der Waals surface area contributed by atoms with Crippen molar-refractivity contribution in [2.24, 2.45) is 29.4 Å². The van der Waals surface area contributed by atoms with E-state index in [0.29, 0.717) is 12.1 Å². The molecule has 0 spiro atoms. The number of rotatable bonds is 4. The number of nitrogens with two attached hydrogens (primary N) is 1. The SMILES string of the molecule is NC(=O)c1ccccc1NC(=O)[C@H]1[C@@H](C(=O)[O-])[C@H]2C=C[C@@H]1C2. The van der Waals surface area contributed by atoms with Crippen LogP contribution in [0.15, 0.2) is 36.4 Å². The van der Waals surface area contributed by atoms with Crippen molar-refractivity contribution in [1.82, 2.24) is 0 Å². The Balaban J connectivity index is 1.85. The van der Waals surface area contributed by atoms with E-state index in [0.717, 1.165) is 0 Å². The van der Waals surface area contributed by atoms with E-state index in [1.165, 1.54) is 6.07 Å². The molecule has 4 atom stereocenters. The largest absolute Gasteiger partial charge is 0.550 e. The van der Waals surface area contributed by atoms with Crippen molar-refractivity contribution in [2.45, 2.75) is 6.42 Å². The van der Waals surface area contributed by atoms with Crippen LogP contribution in [-0.2, 0) is 9.59 Å². The van der Waals surface area contributed by atoms with Gasteiger partial charge in [0, 0.05) is 11.9 Å². The molecule has 114 valence electrons. The van der Waals surface area contributed by atoms with Gasteiger partial charge in [-0.05, 0) is 30.4 Å². The molecule has 0 heterocycles. The first kappa shape index (κ1) is 14.3. The third-order valence-electron chi connectivity index (χ3n) is 4.48. The summed E-state index contributed by atoms with van der Waals surface area (Å²) in [6.45, 7) is 0. The molecule has 1 fully saturated rings. The molecule has 2 amide bonds. The number of hydrogen-bond acceptors (Lipinski definition) is 4. The zero-order chi connectivity index (χ0) is 15.9. The Kier molecular flexibility index (Phi) is 3.44. The lowest BCUT2D eigenvalue weighted by Gasteiger charge is -2.28. The van der Waals surface area contributed by atoms with Gasteiger partial charge in [-0.15, -0.1) is 0 Å². The first-order chi connectivity index (χ1) is 10.5. The fourth-order valence-corrected chi connectivity index (χ4v) is 3.52. The maximum absolute atomic E-state index is 12.5. The molecular formula is C16H15N2O4-. The number of allylic oxidation sites excluding steroid dienone is 2. The van der Waals surface area contributed by atoms with E-state index in [1.54, 1.807) is 18.2 Å². The monoisotopic (exact) mass is 299 g/mol. The minimum Gasteiger partial charge on any atom is -0.550 e. The van der Waals surface area contributed by atoms with Crippen LogP contribution in [0.5, 0.6) is 0 Å². The summed E-state index contributed by atoms with van der Waals surface area (Å²) in [5.41, 5.74) is 5.76. The van der Waals surface area contributed by atoms with Gasteiger partial charge in [0.15, 0.2) is 0 Å². The fraction of sp³-hybridized carbons (Fsp3) is 0.312. The summed E-state index contributed by atoms with van der Waals surface area (Å²) in [6.07, 6.45) is 4.37. The molecule has 0 saturated heterocycles. The molecule has 0 unspecified atom stereocenters. The van der Waals surface area contributed by atoms with Crippen LogP contribution in [0.3, 0.4) is 0 Å². The van der Waals surface area contributed by atoms with Crippen LogP contribution >= 0.6 is 0 Å². The number of para-hydroxylation sites is 1. The second-order valence-corrected chi connectivity index (χ2v) is 5.72. The van der Waals surface area contributed by atoms with Crippen molar-refractivity contribution in [3.8, 4) is 0 Å². The van der Waals surface area contributed by atoms with Gasteiger partial charge in [-0.2, -0.15) is 0 Å². The maximum Gasteiger partial charge on any atom is 0.250 e. The molecule has 1 saturated carbocycles. The lowest BCUT2D eigenvalue weighted by molar-refractivity contribution is -0.313. The molecule has 1 aromatic rings. The zero-order valence-corrected chi connectivity index (χ0v) is 11.7. The number of fused-ring (bicyclic) bond motifs is 2. The number of aliphatic carboxylic acids is 1. The highest BCUT2D eigenvalue weighted by Gasteiger charge is 2.48. The van der Waals surface area contributed by atoms with Crippen molar-refractivity contribution in [3.05, 3.63) is 42.0 Å². The molecule has 3 N–H and O–H groups in total. The average Bonchev–Trinajstić information content (AvgIpc) is 3.08. The van der Waals surface area contributed by atoms with E-state index in [1.807, 2.05) is 12.2 Å². The van der Waals surface area contributed by atoms with Gasteiger partial charge in [-0.1, -0.05) is 24.3 Å². The number of benzene rings is 1. The number of nitrogens with one attached hydrogen (secondary N) is 1. The lowest BCUT2D eigenvalue weighted by Crippen LogP contribution is -2.43. The number of amides is 2. The molecule has 2 aliphatic carbocycles. The Morgan fingerprint density at radius 3 is 2.36 bits per heavy atom. The molecule has 6 heteroatoms. The van der Waals surface area contributed by atoms with Gasteiger partial charge in [0.2, 0.25) is 5.91 Å². The van der Waals surface area contributed by atoms with Crippen LogP contribution in [0.1, 0.15) is 16.8 Å². The molecule has 2 bridgehead atoms. The number of carboxylic acids is 1. The topological polar surface area (TPSA) is 112 Å². The minimum atomic E-state index is -1.21. The van der Waals surface area contributed by atoms with Gasteiger partial charge in [0.05, 0.1) is 17.2 Å². The number of carbonyl (C=O) groups is 3. The first-order valence-electron chi connectivity index (χ1n) is 7.08. The molecule has 0 aromatic heterocycles. The zero-order valence-electron chi connectivity index (χ0n) is 11.7. The van der Waals surface area contributed by atoms with E-state index in [-0.39, 0.29) is 17.4 Å². The predicted octanol–water partition coefficient (Wildman–Crippen LogP) is -0.0878. The second-order valence-electron chi connectivity index (χ2n) is 5.72. The Bertz CT molecular complexity index is 682. The summed E-state index contributed by atoms with van der Waals surface area (Å²) in [5.74, 6) is -4.04. The number of anilines is 1. The summed E-state index contributed by atoms with van der Waals surface area (Å²) < 4.78 is 0. The van der Waals surface area contributed by atoms with Crippen LogP contribution in [-0.4, -0.2) is 17.8 Å². The van der Waals surface area contributed by atoms with Gasteiger partial charge in [0.1, 0.15) is 0 Å². The Hall–Kier alpha value is -2.63. The molecule has 2 aliphatic rings. The predicted molar refractivity (Wildman–Crippen MR) is 76.3 cm³/mol. The summed E-state index contributed by atoms with van der Waals surface area (Å²) >= 11 is 0. The average molecular weight is 299 g/mol. The van der Waals surface area contributed by atoms with Gasteiger partial charge in [-0.3, -0.25) is 9.59 Å². The summed E-state index contributed by atoms with van der Waals surface area (Å²) in [4.78, 5) is 35.2. The molecule has 0 aliphatic heterocycles. The van der Waals surface area contributed by atoms with Gasteiger partial charge >= 0.3 is 0 Å². The number of carbonyl (C=O) groups excluding carboxylic acids is 3. The van der Waals surface area contributed by atoms with Crippen LogP contribution in [0.4, 0.5) is 5.69 Å². The minimum absolute atomic E-state index is 0.103. The van der Waals surface area contributed by atoms with Crippen molar-refractivity contribution < 1.29 is 19.5 Å². The van der Waals surface area contributed by atoms with Crippen LogP contribution < -0.4 is 16.2 Å². The summed E-state index contributed by atoms with van der Waals surface area (Å²) in [5, 5.41) is 14.0. The second kappa shape index (κ2) is 5.29. The van der Waals surface area contributed by atoms with Gasteiger partial charge < -0.3 is 21.0 Å². The quantitative estimate of drug-likeness (QED) is 0.757. The van der Waals surface area contributed by atoms with Crippen LogP contribution in [0.2, 0.25) is 0 Å². The molecule has 0 radical (unpaired) electrons. The third kappa shape index (κ3) is 2.26. The highest BCUT2D eigenvalue weighted by molar-refractivity contribution is 6.04. The van der Waals surface area contributed by atoms with E-state index >= 15 is 0 Å². The highest BCUT2D eigenvalue weighted by Crippen LogP contribution is 2.48. The first-order valence-corrected chi connectivity index (χ1v) is 7.08. The van der Waals surface area contributed by atoms with E-state index in [9.17, 15) is 19.5 Å². The molecule has 6 nitrogen and oxygen atoms in total. The van der Waals surface area contributed by atoms with Crippen molar-refractivity contribution in [2.75, 3.05) is 5.32 Å². The summed E-state index contributed by atoms with van der Waals surface area (Å²) in [6, 6.07) is 6.38. The van der Waals surface area contributed by atoms with Gasteiger partial charge in [-0.25, -0.2) is 0 Å². The smallest absolute Gasteiger partial charge is 0.250 e. The Morgan fingerprint density at radius 2 is 1.73 bits per heavy atom. The van der Waals surface area contributed by atoms with Crippen molar-refractivity contribution >= 4 is 23.5 Å². The molecule has 1 aromatic carbocycles. The summed E-state index contributed by atoms with van der Waals surface area (Å²) in [7, 11) is 0. The standard InChI is InChI=1S/C16H16N2O4/c17-14(19)10-3-1-2-4-11(10)18-15(20)12-8-5-6-9(7-8)13(12)16(21)22/h1-6,8-9,12-13H,7H2,(H2,17,19)(H,18,20)(H,21,22)/p-1/t8-,9+,12-,13+/m1/s1. The molecule has 3 rings (SSSR count). The van der Waals surface area contributed by atoms with Crippen LogP contribution in [0.25, 0.3) is 0 Å². The highest BCUT2D eigenvalue weighted by atomic mass is 16.4. The van der Waals surface area contributed by atoms with Crippen molar-refractivity contribution in [1.29, 1.82) is 0 Å². The fourth-order valence-electron chi connectivity index (χ4n) is 3.52. The van der Waals surface area contributed by atoms with Gasteiger partial charge in [0.25, 0.3) is 5.91 Å². The third-order valence-corrected chi connectivity index (χ3v) is 4.48.